The van der Waals surface area contributed by atoms with Crippen LogP contribution in [0.2, 0.25) is 0 Å². The van der Waals surface area contributed by atoms with E-state index in [1.807, 2.05) is 0 Å². The molecular formula is C16H11F3N2O. The number of aliphatic hydroxyl groups excluding tert-OH is 1. The topological polar surface area (TPSA) is 46.0 Å². The van der Waals surface area contributed by atoms with Gasteiger partial charge >= 0.3 is 6.18 Å². The van der Waals surface area contributed by atoms with Gasteiger partial charge in [0, 0.05) is 11.6 Å². The Balaban J connectivity index is 2.23. The summed E-state index contributed by atoms with van der Waals surface area (Å²) in [6.07, 6.45) is -4.36. The molecular weight excluding hydrogens is 293 g/mol. The lowest BCUT2D eigenvalue weighted by Crippen LogP contribution is -2.11. The summed E-state index contributed by atoms with van der Waals surface area (Å²) >= 11 is 0. The van der Waals surface area contributed by atoms with Gasteiger partial charge in [-0.2, -0.15) is 13.2 Å². The lowest BCUT2D eigenvalue weighted by molar-refractivity contribution is -0.141. The summed E-state index contributed by atoms with van der Waals surface area (Å²) < 4.78 is 39.0. The monoisotopic (exact) mass is 304 g/mol. The van der Waals surface area contributed by atoms with Crippen LogP contribution < -0.4 is 0 Å². The van der Waals surface area contributed by atoms with Crippen molar-refractivity contribution in [2.24, 2.45) is 0 Å². The maximum absolute atomic E-state index is 13.0. The molecule has 0 fully saturated rings. The first kappa shape index (κ1) is 14.5. The van der Waals surface area contributed by atoms with Crippen molar-refractivity contribution >= 4 is 10.9 Å². The normalized spacial score (nSPS) is 13.3. The second-order valence-corrected chi connectivity index (χ2v) is 4.77. The molecule has 3 rings (SSSR count). The fraction of sp³-hybridized carbons (Fsp3) is 0.125. The number of aliphatic hydroxyl groups is 1. The zero-order valence-corrected chi connectivity index (χ0v) is 11.2. The van der Waals surface area contributed by atoms with Crippen LogP contribution in [0.25, 0.3) is 10.9 Å². The van der Waals surface area contributed by atoms with E-state index >= 15 is 0 Å². The van der Waals surface area contributed by atoms with Crippen molar-refractivity contribution in [3.63, 3.8) is 0 Å². The van der Waals surface area contributed by atoms with Crippen LogP contribution in [0, 0.1) is 0 Å². The lowest BCUT2D eigenvalue weighted by atomic mass is 10.00. The SMILES string of the molecule is OC(c1ccccn1)c1cc(C(F)(F)F)nc2ccccc12. The van der Waals surface area contributed by atoms with Gasteiger partial charge < -0.3 is 5.11 Å². The van der Waals surface area contributed by atoms with Crippen LogP contribution in [0.1, 0.15) is 23.1 Å². The van der Waals surface area contributed by atoms with Crippen LogP contribution in [0.15, 0.2) is 54.7 Å². The van der Waals surface area contributed by atoms with Crippen molar-refractivity contribution < 1.29 is 18.3 Å². The van der Waals surface area contributed by atoms with Crippen molar-refractivity contribution in [3.05, 3.63) is 71.7 Å². The Morgan fingerprint density at radius 2 is 1.73 bits per heavy atom. The maximum Gasteiger partial charge on any atom is 0.433 e. The standard InChI is InChI=1S/C16H11F3N2O/c17-16(18,19)14-9-11(10-5-1-2-6-12(10)21-14)15(22)13-7-3-4-8-20-13/h1-9,15,22H. The molecule has 0 saturated carbocycles. The van der Waals surface area contributed by atoms with Gasteiger partial charge in [0.05, 0.1) is 11.2 Å². The molecule has 2 aromatic heterocycles. The van der Waals surface area contributed by atoms with Gasteiger partial charge in [0.2, 0.25) is 0 Å². The van der Waals surface area contributed by atoms with Crippen LogP contribution in [-0.2, 0) is 6.18 Å². The molecule has 1 N–H and O–H groups in total. The van der Waals surface area contributed by atoms with E-state index in [4.69, 9.17) is 0 Å². The summed E-state index contributed by atoms with van der Waals surface area (Å²) in [5, 5.41) is 10.9. The smallest absolute Gasteiger partial charge is 0.382 e. The van der Waals surface area contributed by atoms with E-state index in [0.29, 0.717) is 5.39 Å². The van der Waals surface area contributed by atoms with Gasteiger partial charge in [-0.15, -0.1) is 0 Å². The largest absolute Gasteiger partial charge is 0.433 e. The molecule has 1 unspecified atom stereocenters. The fourth-order valence-corrected chi connectivity index (χ4v) is 2.27. The van der Waals surface area contributed by atoms with Gasteiger partial charge in [0.1, 0.15) is 11.8 Å². The molecule has 0 amide bonds. The zero-order chi connectivity index (χ0) is 15.7. The highest BCUT2D eigenvalue weighted by Gasteiger charge is 2.34. The van der Waals surface area contributed by atoms with Gasteiger partial charge in [-0.3, -0.25) is 4.98 Å². The number of hydrogen-bond acceptors (Lipinski definition) is 3. The van der Waals surface area contributed by atoms with E-state index in [2.05, 4.69) is 9.97 Å². The number of halogens is 3. The number of para-hydroxylation sites is 1. The Kier molecular flexibility index (Phi) is 3.54. The van der Waals surface area contributed by atoms with E-state index in [9.17, 15) is 18.3 Å². The first-order valence-electron chi connectivity index (χ1n) is 6.52. The predicted octanol–water partition coefficient (Wildman–Crippen LogP) is 3.73. The van der Waals surface area contributed by atoms with Crippen LogP contribution in [0.3, 0.4) is 0 Å². The molecule has 3 nitrogen and oxygen atoms in total. The van der Waals surface area contributed by atoms with Gasteiger partial charge in [-0.25, -0.2) is 4.98 Å². The summed E-state index contributed by atoms with van der Waals surface area (Å²) in [4.78, 5) is 7.63. The molecule has 2 heterocycles. The molecule has 0 aliphatic carbocycles. The summed E-state index contributed by atoms with van der Waals surface area (Å²) in [7, 11) is 0. The maximum atomic E-state index is 13.0. The molecule has 112 valence electrons. The van der Waals surface area contributed by atoms with Crippen LogP contribution in [0.5, 0.6) is 0 Å². The van der Waals surface area contributed by atoms with E-state index in [1.54, 1.807) is 36.4 Å². The highest BCUT2D eigenvalue weighted by molar-refractivity contribution is 5.83. The first-order chi connectivity index (χ1) is 10.5. The van der Waals surface area contributed by atoms with Crippen molar-refractivity contribution in [1.82, 2.24) is 9.97 Å². The minimum atomic E-state index is -4.58. The van der Waals surface area contributed by atoms with E-state index in [-0.39, 0.29) is 16.8 Å². The van der Waals surface area contributed by atoms with Crippen molar-refractivity contribution in [3.8, 4) is 0 Å². The third-order valence-electron chi connectivity index (χ3n) is 3.30. The van der Waals surface area contributed by atoms with Gasteiger partial charge in [0.25, 0.3) is 0 Å². The number of alkyl halides is 3. The van der Waals surface area contributed by atoms with Crippen LogP contribution in [0.4, 0.5) is 13.2 Å². The number of hydrogen-bond donors (Lipinski definition) is 1. The Bertz CT molecular complexity index is 803. The summed E-state index contributed by atoms with van der Waals surface area (Å²) in [6, 6.07) is 12.2. The Morgan fingerprint density at radius 1 is 1.00 bits per heavy atom. The zero-order valence-electron chi connectivity index (χ0n) is 11.2. The molecule has 6 heteroatoms. The number of fused-ring (bicyclic) bond motifs is 1. The highest BCUT2D eigenvalue weighted by atomic mass is 19.4. The summed E-state index contributed by atoms with van der Waals surface area (Å²) in [5.74, 6) is 0. The third-order valence-corrected chi connectivity index (χ3v) is 3.30. The molecule has 0 aliphatic heterocycles. The molecule has 0 saturated heterocycles. The average Bonchev–Trinajstić information content (AvgIpc) is 2.53. The minimum absolute atomic E-state index is 0.136. The van der Waals surface area contributed by atoms with Crippen LogP contribution >= 0.6 is 0 Å². The number of nitrogens with zero attached hydrogens (tertiary/aromatic N) is 2. The average molecular weight is 304 g/mol. The third kappa shape index (κ3) is 2.65. The van der Waals surface area contributed by atoms with E-state index in [1.165, 1.54) is 12.3 Å². The summed E-state index contributed by atoms with van der Waals surface area (Å²) in [6.45, 7) is 0. The molecule has 1 atom stereocenters. The molecule has 0 bridgehead atoms. The van der Waals surface area contributed by atoms with Gasteiger partial charge in [0.15, 0.2) is 0 Å². The van der Waals surface area contributed by atoms with Gasteiger partial charge in [-0.05, 0) is 29.8 Å². The first-order valence-corrected chi connectivity index (χ1v) is 6.52. The fourth-order valence-electron chi connectivity index (χ4n) is 2.27. The number of aromatic nitrogens is 2. The molecule has 0 radical (unpaired) electrons. The Labute approximate surface area is 124 Å². The summed E-state index contributed by atoms with van der Waals surface area (Å²) in [5.41, 5.74) is -0.429. The van der Waals surface area contributed by atoms with Crippen LogP contribution in [-0.4, -0.2) is 15.1 Å². The predicted molar refractivity (Wildman–Crippen MR) is 75.0 cm³/mol. The lowest BCUT2D eigenvalue weighted by Gasteiger charge is -2.16. The molecule has 0 aliphatic rings. The molecule has 1 aromatic carbocycles. The van der Waals surface area contributed by atoms with E-state index in [0.717, 1.165) is 6.07 Å². The van der Waals surface area contributed by atoms with Crippen molar-refractivity contribution in [2.45, 2.75) is 12.3 Å². The Morgan fingerprint density at radius 3 is 2.41 bits per heavy atom. The minimum Gasteiger partial charge on any atom is -0.382 e. The highest BCUT2D eigenvalue weighted by Crippen LogP contribution is 2.34. The Hall–Kier alpha value is -2.47. The van der Waals surface area contributed by atoms with Gasteiger partial charge in [-0.1, -0.05) is 24.3 Å². The number of benzene rings is 1. The second-order valence-electron chi connectivity index (χ2n) is 4.77. The van der Waals surface area contributed by atoms with E-state index < -0.39 is 18.0 Å². The molecule has 3 aromatic rings. The number of pyridine rings is 2. The number of rotatable bonds is 2. The molecule has 22 heavy (non-hydrogen) atoms. The van der Waals surface area contributed by atoms with Crippen molar-refractivity contribution in [2.75, 3.05) is 0 Å². The second kappa shape index (κ2) is 5.38. The van der Waals surface area contributed by atoms with Crippen molar-refractivity contribution in [1.29, 1.82) is 0 Å². The quantitative estimate of drug-likeness (QED) is 0.784. The molecule has 0 spiro atoms.